The fourth-order valence-electron chi connectivity index (χ4n) is 11.0. The number of benzene rings is 11. The van der Waals surface area contributed by atoms with E-state index in [9.17, 15) is 0 Å². The number of aryl methyl sites for hydroxylation is 1. The molecule has 0 fully saturated rings. The Morgan fingerprint density at radius 2 is 0.653 bits per heavy atom. The summed E-state index contributed by atoms with van der Waals surface area (Å²) in [6.07, 6.45) is 0. The third-order valence-corrected chi connectivity index (χ3v) is 14.6. The summed E-state index contributed by atoms with van der Waals surface area (Å²) in [5.41, 5.74) is 25.1. The summed E-state index contributed by atoms with van der Waals surface area (Å²) >= 11 is 0. The van der Waals surface area contributed by atoms with Crippen LogP contribution < -0.4 is 9.80 Å². The summed E-state index contributed by atoms with van der Waals surface area (Å²) in [6, 6.07) is 99.4. The Hall–Kier alpha value is -8.98. The van der Waals surface area contributed by atoms with Crippen LogP contribution >= 0.6 is 0 Å². The van der Waals surface area contributed by atoms with Gasteiger partial charge in [-0.1, -0.05) is 208 Å². The van der Waals surface area contributed by atoms with E-state index in [4.69, 9.17) is 0 Å². The van der Waals surface area contributed by atoms with Gasteiger partial charge in [0.1, 0.15) is 0 Å². The van der Waals surface area contributed by atoms with Gasteiger partial charge in [-0.3, -0.25) is 0 Å². The van der Waals surface area contributed by atoms with Crippen LogP contribution in [0.3, 0.4) is 0 Å². The Labute approximate surface area is 424 Å². The first-order chi connectivity index (χ1) is 35.4. The average Bonchev–Trinajstić information content (AvgIpc) is 3.68. The first kappa shape index (κ1) is 44.2. The van der Waals surface area contributed by atoms with E-state index in [2.05, 4.69) is 304 Å². The van der Waals surface area contributed by atoms with Crippen molar-refractivity contribution >= 4 is 34.1 Å². The Morgan fingerprint density at radius 3 is 1.17 bits per heavy atom. The van der Waals surface area contributed by atoms with Crippen molar-refractivity contribution in [3.05, 3.63) is 290 Å². The number of hydrogen-bond donors (Lipinski definition) is 0. The van der Waals surface area contributed by atoms with Gasteiger partial charge < -0.3 is 9.80 Å². The molecule has 0 unspecified atom stereocenters. The van der Waals surface area contributed by atoms with Crippen molar-refractivity contribution in [1.29, 1.82) is 0 Å². The second kappa shape index (κ2) is 18.7. The lowest BCUT2D eigenvalue weighted by Crippen LogP contribution is -2.16. The Bertz CT molecular complexity index is 3680. The van der Waals surface area contributed by atoms with E-state index in [0.717, 1.165) is 45.3 Å². The predicted octanol–water partition coefficient (Wildman–Crippen LogP) is 19.6. The van der Waals surface area contributed by atoms with Gasteiger partial charge in [-0.05, 0) is 164 Å². The second-order valence-electron chi connectivity index (χ2n) is 19.3. The standard InChI is InChI=1S/C70H54N2/c1-49-22-21-34-66-69(49)61-45-44-59(46-67(61)70(66,2)3)71(55-29-15-7-16-30-55)57-40-36-53(37-41-57)64-47-63(52-27-13-6-14-28-52)65(48-62(64)51-25-11-5-12-26-51)54-38-42-58(43-39-54)72(56-31-17-8-18-32-56)68-35-20-19-33-60(68)50-23-9-4-10-24-50/h4-48H,1-3H3. The van der Waals surface area contributed by atoms with Gasteiger partial charge in [-0.15, -0.1) is 0 Å². The molecule has 0 radical (unpaired) electrons. The molecule has 0 saturated carbocycles. The van der Waals surface area contributed by atoms with Crippen LogP contribution in [0.2, 0.25) is 0 Å². The van der Waals surface area contributed by atoms with Crippen molar-refractivity contribution < 1.29 is 0 Å². The van der Waals surface area contributed by atoms with Crippen LogP contribution in [0.1, 0.15) is 30.5 Å². The quantitative estimate of drug-likeness (QED) is 0.128. The summed E-state index contributed by atoms with van der Waals surface area (Å²) in [5.74, 6) is 0. The molecule has 0 aromatic heterocycles. The third-order valence-electron chi connectivity index (χ3n) is 14.6. The normalized spacial score (nSPS) is 12.2. The fourth-order valence-corrected chi connectivity index (χ4v) is 11.0. The summed E-state index contributed by atoms with van der Waals surface area (Å²) in [4.78, 5) is 4.77. The van der Waals surface area contributed by atoms with Crippen LogP contribution in [-0.2, 0) is 5.41 Å². The largest absolute Gasteiger partial charge is 0.310 e. The highest BCUT2D eigenvalue weighted by Gasteiger charge is 2.37. The van der Waals surface area contributed by atoms with Crippen molar-refractivity contribution in [1.82, 2.24) is 0 Å². The minimum Gasteiger partial charge on any atom is -0.310 e. The Morgan fingerprint density at radius 1 is 0.264 bits per heavy atom. The number of para-hydroxylation sites is 3. The van der Waals surface area contributed by atoms with E-state index < -0.39 is 0 Å². The number of hydrogen-bond acceptors (Lipinski definition) is 2. The molecule has 1 aliphatic carbocycles. The molecule has 344 valence electrons. The highest BCUT2D eigenvalue weighted by atomic mass is 15.1. The molecule has 11 aromatic carbocycles. The topological polar surface area (TPSA) is 6.48 Å². The van der Waals surface area contributed by atoms with Gasteiger partial charge in [0.25, 0.3) is 0 Å². The summed E-state index contributed by atoms with van der Waals surface area (Å²) in [7, 11) is 0. The van der Waals surface area contributed by atoms with Gasteiger partial charge >= 0.3 is 0 Å². The average molecular weight is 923 g/mol. The van der Waals surface area contributed by atoms with E-state index in [1.807, 2.05) is 0 Å². The van der Waals surface area contributed by atoms with Gasteiger partial charge in [-0.2, -0.15) is 0 Å². The zero-order valence-electron chi connectivity index (χ0n) is 40.9. The molecule has 1 aliphatic rings. The van der Waals surface area contributed by atoms with Crippen LogP contribution in [0.15, 0.2) is 273 Å². The van der Waals surface area contributed by atoms with E-state index in [1.54, 1.807) is 0 Å². The lowest BCUT2D eigenvalue weighted by atomic mass is 9.82. The Kier molecular flexibility index (Phi) is 11.5. The second-order valence-corrected chi connectivity index (χ2v) is 19.3. The van der Waals surface area contributed by atoms with E-state index >= 15 is 0 Å². The van der Waals surface area contributed by atoms with Crippen molar-refractivity contribution in [2.75, 3.05) is 9.80 Å². The molecule has 72 heavy (non-hydrogen) atoms. The van der Waals surface area contributed by atoms with Crippen LogP contribution in [0.4, 0.5) is 34.1 Å². The van der Waals surface area contributed by atoms with Crippen molar-refractivity contribution in [2.24, 2.45) is 0 Å². The fraction of sp³-hybridized carbons (Fsp3) is 0.0571. The zero-order chi connectivity index (χ0) is 48.6. The Balaban J connectivity index is 0.971. The number of nitrogens with zero attached hydrogens (tertiary/aromatic N) is 2. The lowest BCUT2D eigenvalue weighted by Gasteiger charge is -2.28. The summed E-state index contributed by atoms with van der Waals surface area (Å²) in [5, 5.41) is 0. The van der Waals surface area contributed by atoms with E-state index in [-0.39, 0.29) is 5.41 Å². The molecule has 0 aliphatic heterocycles. The summed E-state index contributed by atoms with van der Waals surface area (Å²) < 4.78 is 0. The molecule has 0 heterocycles. The SMILES string of the molecule is Cc1cccc2c1-c1ccc(N(c3ccccc3)c3ccc(-c4cc(-c5ccccc5)c(-c5ccc(N(c6ccccc6)c6ccccc6-c6ccccc6)cc5)cc4-c4ccccc4)cc3)cc1C2(C)C. The molecule has 0 saturated heterocycles. The molecule has 0 amide bonds. The molecule has 0 spiro atoms. The van der Waals surface area contributed by atoms with Crippen LogP contribution in [0, 0.1) is 6.92 Å². The van der Waals surface area contributed by atoms with Gasteiger partial charge in [-0.25, -0.2) is 0 Å². The van der Waals surface area contributed by atoms with Gasteiger partial charge in [0, 0.05) is 39.4 Å². The van der Waals surface area contributed by atoms with Crippen molar-refractivity contribution in [3.63, 3.8) is 0 Å². The molecular formula is C70H54N2. The van der Waals surface area contributed by atoms with Gasteiger partial charge in [0.2, 0.25) is 0 Å². The minimum atomic E-state index is -0.116. The van der Waals surface area contributed by atoms with Crippen molar-refractivity contribution in [3.8, 4) is 66.8 Å². The number of rotatable bonds is 11. The monoisotopic (exact) mass is 922 g/mol. The molecule has 0 N–H and O–H groups in total. The molecule has 2 heteroatoms. The maximum absolute atomic E-state index is 2.42. The number of anilines is 6. The molecule has 0 atom stereocenters. The lowest BCUT2D eigenvalue weighted by molar-refractivity contribution is 0.660. The first-order valence-electron chi connectivity index (χ1n) is 25.0. The molecule has 0 bridgehead atoms. The van der Waals surface area contributed by atoms with Crippen LogP contribution in [0.25, 0.3) is 66.8 Å². The smallest absolute Gasteiger partial charge is 0.0540 e. The first-order valence-corrected chi connectivity index (χ1v) is 25.0. The third kappa shape index (κ3) is 8.07. The van der Waals surface area contributed by atoms with E-state index in [1.165, 1.54) is 72.3 Å². The molecule has 2 nitrogen and oxygen atoms in total. The number of fused-ring (bicyclic) bond motifs is 3. The van der Waals surface area contributed by atoms with Crippen LogP contribution in [-0.4, -0.2) is 0 Å². The van der Waals surface area contributed by atoms with Gasteiger partial charge in [0.15, 0.2) is 0 Å². The van der Waals surface area contributed by atoms with Crippen LogP contribution in [0.5, 0.6) is 0 Å². The molecule has 12 rings (SSSR count). The van der Waals surface area contributed by atoms with Gasteiger partial charge in [0.05, 0.1) is 5.69 Å². The van der Waals surface area contributed by atoms with Crippen molar-refractivity contribution in [2.45, 2.75) is 26.2 Å². The minimum absolute atomic E-state index is 0.116. The maximum Gasteiger partial charge on any atom is 0.0540 e. The summed E-state index contributed by atoms with van der Waals surface area (Å²) in [6.45, 7) is 6.97. The maximum atomic E-state index is 2.42. The highest BCUT2D eigenvalue weighted by molar-refractivity contribution is 5.97. The predicted molar refractivity (Wildman–Crippen MR) is 305 cm³/mol. The molecular weight excluding hydrogens is 869 g/mol. The highest BCUT2D eigenvalue weighted by Crippen LogP contribution is 2.52. The molecule has 11 aromatic rings. The zero-order valence-corrected chi connectivity index (χ0v) is 40.9. The van der Waals surface area contributed by atoms with E-state index in [0.29, 0.717) is 0 Å².